The van der Waals surface area contributed by atoms with Crippen LogP contribution in [0.3, 0.4) is 0 Å². The molecule has 2 aliphatic rings. The molecular formula is C21H29FIN5. The van der Waals surface area contributed by atoms with Crippen LogP contribution in [0.1, 0.15) is 37.8 Å². The Balaban J connectivity index is 0.00000225. The summed E-state index contributed by atoms with van der Waals surface area (Å²) in [4.78, 5) is 6.91. The third-order valence-corrected chi connectivity index (χ3v) is 6.01. The van der Waals surface area contributed by atoms with Crippen molar-refractivity contribution in [2.24, 2.45) is 10.4 Å². The summed E-state index contributed by atoms with van der Waals surface area (Å²) in [6, 6.07) is 8.39. The fourth-order valence-corrected chi connectivity index (χ4v) is 4.52. The average Bonchev–Trinajstić information content (AvgIpc) is 3.42. The van der Waals surface area contributed by atoms with Crippen LogP contribution in [0.4, 0.5) is 4.39 Å². The number of halogens is 2. The van der Waals surface area contributed by atoms with E-state index in [0.717, 1.165) is 43.4 Å². The lowest BCUT2D eigenvalue weighted by atomic mass is 9.86. The van der Waals surface area contributed by atoms with Gasteiger partial charge < -0.3 is 10.2 Å². The highest BCUT2D eigenvalue weighted by molar-refractivity contribution is 14.0. The van der Waals surface area contributed by atoms with Crippen LogP contribution in [-0.2, 0) is 6.42 Å². The first-order valence-electron chi connectivity index (χ1n) is 9.94. The molecule has 7 heteroatoms. The lowest BCUT2D eigenvalue weighted by Gasteiger charge is -2.25. The fourth-order valence-electron chi connectivity index (χ4n) is 4.52. The minimum absolute atomic E-state index is 0. The second kappa shape index (κ2) is 9.24. The van der Waals surface area contributed by atoms with Crippen LogP contribution >= 0.6 is 24.0 Å². The maximum atomic E-state index is 13.1. The maximum absolute atomic E-state index is 13.1. The van der Waals surface area contributed by atoms with Crippen LogP contribution in [-0.4, -0.2) is 47.3 Å². The largest absolute Gasteiger partial charge is 0.356 e. The van der Waals surface area contributed by atoms with E-state index < -0.39 is 0 Å². The first kappa shape index (κ1) is 21.1. The minimum atomic E-state index is -0.233. The molecule has 1 N–H and O–H groups in total. The van der Waals surface area contributed by atoms with Gasteiger partial charge in [0.25, 0.3) is 0 Å². The molecule has 2 fully saturated rings. The smallest absolute Gasteiger partial charge is 0.193 e. The number of likely N-dealkylation sites (tertiary alicyclic amines) is 1. The van der Waals surface area contributed by atoms with Crippen molar-refractivity contribution in [3.63, 3.8) is 0 Å². The van der Waals surface area contributed by atoms with Gasteiger partial charge in [-0.15, -0.1) is 24.0 Å². The van der Waals surface area contributed by atoms with Crippen LogP contribution < -0.4 is 5.32 Å². The Kier molecular flexibility index (Phi) is 6.95. The first-order valence-corrected chi connectivity index (χ1v) is 9.94. The number of hydrogen-bond acceptors (Lipinski definition) is 2. The number of nitrogens with one attached hydrogen (secondary N) is 1. The molecule has 0 radical (unpaired) electrons. The summed E-state index contributed by atoms with van der Waals surface area (Å²) in [5.41, 5.74) is 2.42. The molecule has 5 nitrogen and oxygen atoms in total. The fraction of sp³-hybridized carbons (Fsp3) is 0.524. The predicted octanol–water partition coefficient (Wildman–Crippen LogP) is 4.01. The van der Waals surface area contributed by atoms with E-state index in [1.165, 1.54) is 44.2 Å². The predicted molar refractivity (Wildman–Crippen MR) is 121 cm³/mol. The Bertz CT molecular complexity index is 795. The van der Waals surface area contributed by atoms with Gasteiger partial charge in [0, 0.05) is 39.3 Å². The van der Waals surface area contributed by atoms with Crippen LogP contribution in [0.15, 0.2) is 41.5 Å². The molecule has 1 aliphatic heterocycles. The van der Waals surface area contributed by atoms with E-state index in [4.69, 9.17) is 0 Å². The molecule has 0 atom stereocenters. The van der Waals surface area contributed by atoms with Gasteiger partial charge in [0.15, 0.2) is 5.96 Å². The maximum Gasteiger partial charge on any atom is 0.193 e. The molecule has 2 aromatic rings. The van der Waals surface area contributed by atoms with Crippen molar-refractivity contribution in [2.75, 3.05) is 26.7 Å². The Labute approximate surface area is 183 Å². The zero-order chi connectivity index (χ0) is 18.7. The summed E-state index contributed by atoms with van der Waals surface area (Å²) >= 11 is 0. The van der Waals surface area contributed by atoms with Gasteiger partial charge in [-0.05, 0) is 55.0 Å². The van der Waals surface area contributed by atoms with Crippen molar-refractivity contribution >= 4 is 29.9 Å². The molecule has 0 bridgehead atoms. The zero-order valence-electron chi connectivity index (χ0n) is 16.4. The molecule has 1 saturated heterocycles. The van der Waals surface area contributed by atoms with Gasteiger partial charge in [0.2, 0.25) is 0 Å². The van der Waals surface area contributed by atoms with E-state index >= 15 is 0 Å². The number of hydrogen-bond donors (Lipinski definition) is 1. The lowest BCUT2D eigenvalue weighted by molar-refractivity contribution is 0.309. The van der Waals surface area contributed by atoms with E-state index in [1.807, 2.05) is 19.3 Å². The van der Waals surface area contributed by atoms with Gasteiger partial charge in [-0.3, -0.25) is 4.99 Å². The SMILES string of the molecule is CN=C(NCCc1ccn(-c2ccc(F)cc2)n1)N1CCC2(CCCC2)C1.I. The van der Waals surface area contributed by atoms with E-state index in [9.17, 15) is 4.39 Å². The number of nitrogens with zero attached hydrogens (tertiary/aromatic N) is 4. The molecular weight excluding hydrogens is 468 g/mol. The van der Waals surface area contributed by atoms with Crippen LogP contribution in [0, 0.1) is 11.2 Å². The number of benzene rings is 1. The van der Waals surface area contributed by atoms with Gasteiger partial charge in [-0.1, -0.05) is 12.8 Å². The molecule has 1 saturated carbocycles. The molecule has 1 aromatic heterocycles. The topological polar surface area (TPSA) is 45.5 Å². The number of rotatable bonds is 4. The highest BCUT2D eigenvalue weighted by atomic mass is 127. The standard InChI is InChI=1S/C21H28FN5.HI/c1-23-20(26-15-12-21(16-26)10-2-3-11-21)24-13-8-18-9-14-27(25-18)19-6-4-17(22)5-7-19;/h4-7,9,14H,2-3,8,10-13,15-16H2,1H3,(H,23,24);1H. The Morgan fingerprint density at radius 1 is 1.18 bits per heavy atom. The van der Waals surface area contributed by atoms with Crippen LogP contribution in [0.2, 0.25) is 0 Å². The van der Waals surface area contributed by atoms with Gasteiger partial charge in [-0.2, -0.15) is 5.10 Å². The highest BCUT2D eigenvalue weighted by Crippen LogP contribution is 2.45. The van der Waals surface area contributed by atoms with E-state index in [2.05, 4.69) is 20.3 Å². The number of aromatic nitrogens is 2. The second-order valence-electron chi connectivity index (χ2n) is 7.83. The molecule has 152 valence electrons. The molecule has 2 heterocycles. The van der Waals surface area contributed by atoms with Crippen molar-refractivity contribution in [3.05, 3.63) is 48.0 Å². The Morgan fingerprint density at radius 3 is 2.64 bits per heavy atom. The summed E-state index contributed by atoms with van der Waals surface area (Å²) in [5.74, 6) is 0.778. The average molecular weight is 497 g/mol. The normalized spacial score (nSPS) is 18.5. The number of aliphatic imine (C=N–C) groups is 1. The van der Waals surface area contributed by atoms with Crippen LogP contribution in [0.5, 0.6) is 0 Å². The highest BCUT2D eigenvalue weighted by Gasteiger charge is 2.40. The van der Waals surface area contributed by atoms with Gasteiger partial charge in [0.1, 0.15) is 5.82 Å². The summed E-state index contributed by atoms with van der Waals surface area (Å²) in [6.45, 7) is 3.06. The van der Waals surface area contributed by atoms with Crippen molar-refractivity contribution < 1.29 is 4.39 Å². The van der Waals surface area contributed by atoms with E-state index in [1.54, 1.807) is 16.8 Å². The van der Waals surface area contributed by atoms with Crippen molar-refractivity contribution in [1.29, 1.82) is 0 Å². The minimum Gasteiger partial charge on any atom is -0.356 e. The summed E-state index contributed by atoms with van der Waals surface area (Å²) in [7, 11) is 1.87. The van der Waals surface area contributed by atoms with Gasteiger partial charge >= 0.3 is 0 Å². The monoisotopic (exact) mass is 497 g/mol. The third-order valence-electron chi connectivity index (χ3n) is 6.01. The molecule has 1 aromatic carbocycles. The summed E-state index contributed by atoms with van der Waals surface area (Å²) in [6.07, 6.45) is 9.57. The zero-order valence-corrected chi connectivity index (χ0v) is 18.7. The Hall–Kier alpha value is -1.64. The van der Waals surface area contributed by atoms with Crippen molar-refractivity contribution in [3.8, 4) is 5.69 Å². The molecule has 1 spiro atoms. The second-order valence-corrected chi connectivity index (χ2v) is 7.83. The van der Waals surface area contributed by atoms with Gasteiger partial charge in [0.05, 0.1) is 11.4 Å². The summed E-state index contributed by atoms with van der Waals surface area (Å²) < 4.78 is 14.8. The first-order chi connectivity index (χ1) is 13.2. The molecule has 28 heavy (non-hydrogen) atoms. The van der Waals surface area contributed by atoms with Crippen LogP contribution in [0.25, 0.3) is 5.69 Å². The molecule has 0 unspecified atom stereocenters. The molecule has 1 aliphatic carbocycles. The van der Waals surface area contributed by atoms with Crippen molar-refractivity contribution in [2.45, 2.75) is 38.5 Å². The lowest BCUT2D eigenvalue weighted by Crippen LogP contribution is -2.41. The van der Waals surface area contributed by atoms with Gasteiger partial charge in [-0.25, -0.2) is 9.07 Å². The molecule has 4 rings (SSSR count). The third kappa shape index (κ3) is 4.67. The van der Waals surface area contributed by atoms with E-state index in [-0.39, 0.29) is 29.8 Å². The number of guanidine groups is 1. The summed E-state index contributed by atoms with van der Waals surface area (Å²) in [5, 5.41) is 8.09. The Morgan fingerprint density at radius 2 is 1.93 bits per heavy atom. The van der Waals surface area contributed by atoms with E-state index in [0.29, 0.717) is 5.41 Å². The quantitative estimate of drug-likeness (QED) is 0.395. The van der Waals surface area contributed by atoms with Crippen molar-refractivity contribution in [1.82, 2.24) is 20.0 Å². The molecule has 0 amide bonds.